The number of nitrogens with one attached hydrogen (secondary N) is 1. The molecular formula is C20H25NO2. The summed E-state index contributed by atoms with van der Waals surface area (Å²) in [5.74, 6) is 0. The van der Waals surface area contributed by atoms with E-state index in [2.05, 4.69) is 41.7 Å². The molecule has 1 amide bonds. The fourth-order valence-corrected chi connectivity index (χ4v) is 2.38. The second-order valence-electron chi connectivity index (χ2n) is 6.81. The Bertz CT molecular complexity index is 627. The fourth-order valence-electron chi connectivity index (χ4n) is 2.38. The Hall–Kier alpha value is -2.29. The molecule has 2 rings (SSSR count). The highest BCUT2D eigenvalue weighted by Gasteiger charge is 2.17. The number of benzene rings is 2. The lowest BCUT2D eigenvalue weighted by atomic mass is 10.0. The minimum atomic E-state index is -0.471. The maximum absolute atomic E-state index is 11.8. The van der Waals surface area contributed by atoms with Crippen LogP contribution in [0.3, 0.4) is 0 Å². The van der Waals surface area contributed by atoms with Crippen molar-refractivity contribution in [1.82, 2.24) is 5.32 Å². The van der Waals surface area contributed by atoms with Crippen LogP contribution in [0.15, 0.2) is 54.6 Å². The van der Waals surface area contributed by atoms with E-state index in [4.69, 9.17) is 4.74 Å². The summed E-state index contributed by atoms with van der Waals surface area (Å²) in [6.07, 6.45) is 0.403. The molecular weight excluding hydrogens is 286 g/mol. The zero-order valence-electron chi connectivity index (χ0n) is 14.3. The molecule has 0 radical (unpaired) electrons. The van der Waals surface area contributed by atoms with Gasteiger partial charge in [0.1, 0.15) is 5.60 Å². The molecule has 1 N–H and O–H groups in total. The summed E-state index contributed by atoms with van der Waals surface area (Å²) < 4.78 is 5.27. The molecule has 0 bridgehead atoms. The summed E-state index contributed by atoms with van der Waals surface area (Å²) >= 11 is 0. The fraction of sp³-hybridized carbons (Fsp3) is 0.350. The summed E-state index contributed by atoms with van der Waals surface area (Å²) in [6, 6.07) is 18.8. The van der Waals surface area contributed by atoms with Crippen molar-refractivity contribution in [2.75, 3.05) is 0 Å². The number of ether oxygens (including phenoxy) is 1. The van der Waals surface area contributed by atoms with Gasteiger partial charge in [-0.1, -0.05) is 54.6 Å². The van der Waals surface area contributed by atoms with Gasteiger partial charge in [-0.3, -0.25) is 0 Å². The summed E-state index contributed by atoms with van der Waals surface area (Å²) in [5.41, 5.74) is 3.12. The van der Waals surface area contributed by atoms with E-state index in [-0.39, 0.29) is 12.1 Å². The highest BCUT2D eigenvalue weighted by atomic mass is 16.6. The van der Waals surface area contributed by atoms with E-state index in [9.17, 15) is 4.79 Å². The maximum Gasteiger partial charge on any atom is 0.407 e. The first-order valence-electron chi connectivity index (χ1n) is 7.97. The van der Waals surface area contributed by atoms with Crippen LogP contribution in [0.5, 0.6) is 0 Å². The number of amides is 1. The molecule has 23 heavy (non-hydrogen) atoms. The van der Waals surface area contributed by atoms with Gasteiger partial charge in [-0.05, 0) is 50.8 Å². The van der Waals surface area contributed by atoms with Crippen LogP contribution < -0.4 is 5.32 Å². The third kappa shape index (κ3) is 5.78. The van der Waals surface area contributed by atoms with Crippen molar-refractivity contribution in [3.05, 3.63) is 60.2 Å². The summed E-state index contributed by atoms with van der Waals surface area (Å²) in [7, 11) is 0. The van der Waals surface area contributed by atoms with Crippen molar-refractivity contribution in [2.45, 2.75) is 45.8 Å². The van der Waals surface area contributed by atoms with Crippen LogP contribution in [0.25, 0.3) is 11.1 Å². The molecule has 3 heteroatoms. The van der Waals surface area contributed by atoms with Gasteiger partial charge < -0.3 is 10.1 Å². The Morgan fingerprint density at radius 2 is 1.57 bits per heavy atom. The number of alkyl carbamates (subject to hydrolysis) is 1. The first-order chi connectivity index (χ1) is 10.8. The molecule has 0 aliphatic heterocycles. The van der Waals surface area contributed by atoms with E-state index in [0.29, 0.717) is 0 Å². The summed E-state index contributed by atoms with van der Waals surface area (Å²) in [4.78, 5) is 11.8. The Labute approximate surface area is 138 Å². The van der Waals surface area contributed by atoms with Gasteiger partial charge >= 0.3 is 6.09 Å². The first kappa shape index (κ1) is 17.1. The van der Waals surface area contributed by atoms with E-state index in [1.807, 2.05) is 45.9 Å². The molecule has 0 aliphatic carbocycles. The van der Waals surface area contributed by atoms with Crippen molar-refractivity contribution < 1.29 is 9.53 Å². The van der Waals surface area contributed by atoms with Gasteiger partial charge in [0.2, 0.25) is 0 Å². The van der Waals surface area contributed by atoms with E-state index in [1.54, 1.807) is 0 Å². The number of hydrogen-bond donors (Lipinski definition) is 1. The molecule has 0 saturated heterocycles. The smallest absolute Gasteiger partial charge is 0.407 e. The molecule has 0 heterocycles. The molecule has 2 aromatic rings. The van der Waals surface area contributed by atoms with Gasteiger partial charge in [-0.15, -0.1) is 0 Å². The topological polar surface area (TPSA) is 38.3 Å². The van der Waals surface area contributed by atoms with Crippen LogP contribution in [0.1, 0.15) is 33.3 Å². The van der Waals surface area contributed by atoms with Crippen molar-refractivity contribution >= 4 is 6.09 Å². The van der Waals surface area contributed by atoms with Crippen LogP contribution in [-0.4, -0.2) is 17.7 Å². The molecule has 122 valence electrons. The number of hydrogen-bond acceptors (Lipinski definition) is 2. The van der Waals surface area contributed by atoms with Crippen molar-refractivity contribution in [1.29, 1.82) is 0 Å². The van der Waals surface area contributed by atoms with Gasteiger partial charge in [-0.2, -0.15) is 0 Å². The quantitative estimate of drug-likeness (QED) is 0.880. The predicted octanol–water partition coefficient (Wildman–Crippen LogP) is 4.81. The van der Waals surface area contributed by atoms with Crippen LogP contribution in [0, 0.1) is 0 Å². The molecule has 1 atom stereocenters. The third-order valence-corrected chi connectivity index (χ3v) is 3.37. The minimum absolute atomic E-state index is 0.0208. The van der Waals surface area contributed by atoms with Gasteiger partial charge in [0.05, 0.1) is 0 Å². The lowest BCUT2D eigenvalue weighted by Gasteiger charge is -2.22. The van der Waals surface area contributed by atoms with Gasteiger partial charge in [0.15, 0.2) is 0 Å². The van der Waals surface area contributed by atoms with Crippen LogP contribution >= 0.6 is 0 Å². The number of carbonyl (C=O) groups is 1. The van der Waals surface area contributed by atoms with Gasteiger partial charge in [-0.25, -0.2) is 4.79 Å². The van der Waals surface area contributed by atoms with Crippen LogP contribution in [0.2, 0.25) is 0 Å². The summed E-state index contributed by atoms with van der Waals surface area (Å²) in [6.45, 7) is 7.56. The molecule has 0 spiro atoms. The Morgan fingerprint density at radius 3 is 2.13 bits per heavy atom. The van der Waals surface area contributed by atoms with Crippen molar-refractivity contribution in [3.8, 4) is 11.1 Å². The highest BCUT2D eigenvalue weighted by molar-refractivity contribution is 5.68. The molecule has 0 aliphatic rings. The minimum Gasteiger partial charge on any atom is -0.444 e. The van der Waals surface area contributed by atoms with Gasteiger partial charge in [0.25, 0.3) is 0 Å². The van der Waals surface area contributed by atoms with Crippen molar-refractivity contribution in [3.63, 3.8) is 0 Å². The largest absolute Gasteiger partial charge is 0.444 e. The zero-order chi connectivity index (χ0) is 16.9. The average Bonchev–Trinajstić information content (AvgIpc) is 2.46. The lowest BCUT2D eigenvalue weighted by molar-refractivity contribution is 0.0508. The Morgan fingerprint density at radius 1 is 1.00 bits per heavy atom. The van der Waals surface area contributed by atoms with E-state index >= 15 is 0 Å². The molecule has 0 aromatic heterocycles. The second kappa shape index (κ2) is 7.32. The molecule has 3 nitrogen and oxygen atoms in total. The molecule has 0 fully saturated rings. The van der Waals surface area contributed by atoms with Crippen molar-refractivity contribution in [2.24, 2.45) is 0 Å². The van der Waals surface area contributed by atoms with Crippen LogP contribution in [-0.2, 0) is 11.2 Å². The zero-order valence-corrected chi connectivity index (χ0v) is 14.3. The predicted molar refractivity (Wildman–Crippen MR) is 94.4 cm³/mol. The third-order valence-electron chi connectivity index (χ3n) is 3.37. The normalized spacial score (nSPS) is 12.5. The molecule has 2 aromatic carbocycles. The first-order valence-corrected chi connectivity index (χ1v) is 7.97. The number of rotatable bonds is 4. The van der Waals surface area contributed by atoms with Crippen LogP contribution in [0.4, 0.5) is 4.79 Å². The second-order valence-corrected chi connectivity index (χ2v) is 6.81. The standard InChI is InChI=1S/C20H25NO2/c1-15(21-19(22)23-20(2,3)4)14-16-10-12-18(13-11-16)17-8-6-5-7-9-17/h5-13,15H,14H2,1-4H3,(H,21,22). The summed E-state index contributed by atoms with van der Waals surface area (Å²) in [5, 5.41) is 2.87. The Balaban J connectivity index is 1.92. The highest BCUT2D eigenvalue weighted by Crippen LogP contribution is 2.19. The van der Waals surface area contributed by atoms with E-state index in [1.165, 1.54) is 16.7 Å². The number of carbonyl (C=O) groups excluding carboxylic acids is 1. The maximum atomic E-state index is 11.8. The average molecular weight is 311 g/mol. The SMILES string of the molecule is CC(Cc1ccc(-c2ccccc2)cc1)NC(=O)OC(C)(C)C. The Kier molecular flexibility index (Phi) is 5.43. The lowest BCUT2D eigenvalue weighted by Crippen LogP contribution is -2.38. The van der Waals surface area contributed by atoms with E-state index < -0.39 is 5.60 Å². The van der Waals surface area contributed by atoms with E-state index in [0.717, 1.165) is 6.42 Å². The molecule has 1 unspecified atom stereocenters. The monoisotopic (exact) mass is 311 g/mol. The molecule has 0 saturated carbocycles. The van der Waals surface area contributed by atoms with Gasteiger partial charge in [0, 0.05) is 6.04 Å².